The van der Waals surface area contributed by atoms with Crippen molar-refractivity contribution in [3.05, 3.63) is 53.8 Å². The largest absolute Gasteiger partial charge is 0.493 e. The molecule has 1 aromatic heterocycles. The zero-order valence-electron chi connectivity index (χ0n) is 17.0. The van der Waals surface area contributed by atoms with Gasteiger partial charge in [0.1, 0.15) is 5.58 Å². The lowest BCUT2D eigenvalue weighted by molar-refractivity contribution is -0.119. The number of fused-ring (bicyclic) bond motifs is 1. The second kappa shape index (κ2) is 9.80. The summed E-state index contributed by atoms with van der Waals surface area (Å²) in [7, 11) is 3.02. The minimum absolute atomic E-state index is 0.0311. The second-order valence-corrected chi connectivity index (χ2v) is 6.24. The molecule has 0 aliphatic carbocycles. The lowest BCUT2D eigenvalue weighted by Gasteiger charge is -2.10. The van der Waals surface area contributed by atoms with Crippen molar-refractivity contribution in [1.82, 2.24) is 0 Å². The van der Waals surface area contributed by atoms with E-state index in [0.29, 0.717) is 34.9 Å². The third-order valence-electron chi connectivity index (χ3n) is 4.34. The number of methoxy groups -OCH3 is 2. The smallest absolute Gasteiger partial charge is 0.375 e. The van der Waals surface area contributed by atoms with Crippen LogP contribution in [0, 0.1) is 0 Å². The van der Waals surface area contributed by atoms with Gasteiger partial charge in [0.15, 0.2) is 18.1 Å². The molecule has 0 saturated heterocycles. The first kappa shape index (κ1) is 21.2. The van der Waals surface area contributed by atoms with Crippen LogP contribution in [0.1, 0.15) is 23.0 Å². The van der Waals surface area contributed by atoms with Crippen LogP contribution in [0.15, 0.2) is 46.9 Å². The van der Waals surface area contributed by atoms with Crippen LogP contribution in [-0.2, 0) is 20.9 Å². The van der Waals surface area contributed by atoms with E-state index in [4.69, 9.17) is 23.4 Å². The van der Waals surface area contributed by atoms with Gasteiger partial charge in [0.05, 0.1) is 20.8 Å². The van der Waals surface area contributed by atoms with E-state index in [0.717, 1.165) is 5.39 Å². The zero-order valence-corrected chi connectivity index (χ0v) is 17.0. The Hall–Kier alpha value is -3.52. The highest BCUT2D eigenvalue weighted by Gasteiger charge is 2.22. The van der Waals surface area contributed by atoms with Gasteiger partial charge in [0, 0.05) is 29.3 Å². The molecule has 0 bridgehead atoms. The first-order valence-corrected chi connectivity index (χ1v) is 9.34. The summed E-state index contributed by atoms with van der Waals surface area (Å²) in [4.78, 5) is 24.8. The van der Waals surface area contributed by atoms with Crippen LogP contribution >= 0.6 is 0 Å². The van der Waals surface area contributed by atoms with Crippen molar-refractivity contribution >= 4 is 28.5 Å². The maximum Gasteiger partial charge on any atom is 0.375 e. The Morgan fingerprint density at radius 3 is 2.53 bits per heavy atom. The zero-order chi connectivity index (χ0) is 21.5. The minimum atomic E-state index is -0.733. The molecule has 2 aromatic carbocycles. The Morgan fingerprint density at radius 2 is 1.80 bits per heavy atom. The van der Waals surface area contributed by atoms with Gasteiger partial charge in [0.2, 0.25) is 5.76 Å². The Labute approximate surface area is 173 Å². The number of ether oxygens (including phenoxy) is 4. The van der Waals surface area contributed by atoms with Gasteiger partial charge in [-0.1, -0.05) is 18.2 Å². The average Bonchev–Trinajstić information content (AvgIpc) is 3.14. The van der Waals surface area contributed by atoms with Crippen molar-refractivity contribution in [1.29, 1.82) is 0 Å². The van der Waals surface area contributed by atoms with Crippen LogP contribution in [0.4, 0.5) is 5.69 Å². The topological polar surface area (TPSA) is 96.2 Å². The Balaban J connectivity index is 1.67. The number of esters is 1. The van der Waals surface area contributed by atoms with Crippen LogP contribution < -0.4 is 14.8 Å². The van der Waals surface area contributed by atoms with E-state index in [-0.39, 0.29) is 12.4 Å². The van der Waals surface area contributed by atoms with E-state index in [1.165, 1.54) is 14.2 Å². The highest BCUT2D eigenvalue weighted by Crippen LogP contribution is 2.30. The summed E-state index contributed by atoms with van der Waals surface area (Å²) < 4.78 is 26.6. The molecule has 0 unspecified atom stereocenters. The molecule has 0 radical (unpaired) electrons. The summed E-state index contributed by atoms with van der Waals surface area (Å²) >= 11 is 0. The van der Waals surface area contributed by atoms with Gasteiger partial charge < -0.3 is 28.7 Å². The van der Waals surface area contributed by atoms with Gasteiger partial charge in [-0.05, 0) is 25.1 Å². The molecule has 1 heterocycles. The predicted octanol–water partition coefficient (Wildman–Crippen LogP) is 3.78. The number of para-hydroxylation sites is 1. The number of carbonyl (C=O) groups is 2. The van der Waals surface area contributed by atoms with Gasteiger partial charge in [0.25, 0.3) is 5.91 Å². The number of benzene rings is 2. The van der Waals surface area contributed by atoms with E-state index < -0.39 is 18.5 Å². The maximum absolute atomic E-state index is 12.6. The average molecular weight is 413 g/mol. The minimum Gasteiger partial charge on any atom is -0.493 e. The molecule has 0 aliphatic rings. The molecule has 158 valence electrons. The number of anilines is 1. The van der Waals surface area contributed by atoms with Crippen molar-refractivity contribution in [2.75, 3.05) is 32.8 Å². The van der Waals surface area contributed by atoms with Gasteiger partial charge in [-0.2, -0.15) is 0 Å². The van der Waals surface area contributed by atoms with E-state index >= 15 is 0 Å². The molecule has 0 aliphatic heterocycles. The van der Waals surface area contributed by atoms with Gasteiger partial charge >= 0.3 is 5.97 Å². The fourth-order valence-corrected chi connectivity index (χ4v) is 2.92. The third-order valence-corrected chi connectivity index (χ3v) is 4.34. The van der Waals surface area contributed by atoms with Gasteiger partial charge in [-0.25, -0.2) is 4.79 Å². The summed E-state index contributed by atoms with van der Waals surface area (Å²) in [5.41, 5.74) is 1.63. The van der Waals surface area contributed by atoms with Crippen LogP contribution in [0.5, 0.6) is 11.5 Å². The number of amides is 1. The molecule has 0 saturated carbocycles. The van der Waals surface area contributed by atoms with Crippen molar-refractivity contribution < 1.29 is 33.0 Å². The molecule has 0 fully saturated rings. The number of hydrogen-bond donors (Lipinski definition) is 1. The van der Waals surface area contributed by atoms with Crippen LogP contribution in [0.3, 0.4) is 0 Å². The molecule has 3 rings (SSSR count). The number of nitrogens with one attached hydrogen (secondary N) is 1. The quantitative estimate of drug-likeness (QED) is 0.533. The lowest BCUT2D eigenvalue weighted by Crippen LogP contribution is -2.21. The number of furan rings is 1. The number of carbonyl (C=O) groups excluding carboxylic acids is 2. The first-order chi connectivity index (χ1) is 14.6. The second-order valence-electron chi connectivity index (χ2n) is 6.24. The summed E-state index contributed by atoms with van der Waals surface area (Å²) in [5.74, 6) is -0.200. The first-order valence-electron chi connectivity index (χ1n) is 9.34. The number of hydrogen-bond acceptors (Lipinski definition) is 7. The molecular weight excluding hydrogens is 390 g/mol. The van der Waals surface area contributed by atoms with Gasteiger partial charge in [-0.15, -0.1) is 0 Å². The molecular formula is C22H23NO7. The fourth-order valence-electron chi connectivity index (χ4n) is 2.92. The molecule has 8 heteroatoms. The normalized spacial score (nSPS) is 10.6. The van der Waals surface area contributed by atoms with E-state index in [1.807, 2.05) is 25.1 Å². The monoisotopic (exact) mass is 413 g/mol. The number of rotatable bonds is 9. The maximum atomic E-state index is 12.6. The molecule has 8 nitrogen and oxygen atoms in total. The SMILES string of the molecule is CCOCc1c(C(=O)OCC(=O)Nc2ccc(OC)c(OC)c2)oc2ccccc12. The molecule has 1 N–H and O–H groups in total. The standard InChI is InChI=1S/C22H23NO7/c1-4-28-12-16-15-7-5-6-8-17(15)30-21(16)22(25)29-13-20(24)23-14-9-10-18(26-2)19(11-14)27-3/h5-11H,4,12-13H2,1-3H3,(H,23,24). The highest BCUT2D eigenvalue weighted by molar-refractivity contribution is 5.98. The van der Waals surface area contributed by atoms with Crippen LogP contribution in [0.25, 0.3) is 11.0 Å². The summed E-state index contributed by atoms with van der Waals surface area (Å²) in [6.07, 6.45) is 0. The summed E-state index contributed by atoms with van der Waals surface area (Å²) in [6, 6.07) is 12.2. The van der Waals surface area contributed by atoms with E-state index in [1.54, 1.807) is 24.3 Å². The lowest BCUT2D eigenvalue weighted by atomic mass is 10.1. The molecule has 0 atom stereocenters. The highest BCUT2D eigenvalue weighted by atomic mass is 16.5. The van der Waals surface area contributed by atoms with Crippen molar-refractivity contribution in [3.8, 4) is 11.5 Å². The molecule has 1 amide bonds. The predicted molar refractivity (Wildman–Crippen MR) is 110 cm³/mol. The molecule has 30 heavy (non-hydrogen) atoms. The Bertz CT molecular complexity index is 1040. The van der Waals surface area contributed by atoms with Crippen LogP contribution in [-0.4, -0.2) is 39.3 Å². The van der Waals surface area contributed by atoms with E-state index in [2.05, 4.69) is 5.32 Å². The third kappa shape index (κ3) is 4.72. The Morgan fingerprint density at radius 1 is 1.03 bits per heavy atom. The Kier molecular flexibility index (Phi) is 6.92. The van der Waals surface area contributed by atoms with E-state index in [9.17, 15) is 9.59 Å². The summed E-state index contributed by atoms with van der Waals surface area (Å²) in [6.45, 7) is 2.08. The fraction of sp³-hybridized carbons (Fsp3) is 0.273. The van der Waals surface area contributed by atoms with Crippen molar-refractivity contribution in [3.63, 3.8) is 0 Å². The summed E-state index contributed by atoms with van der Waals surface area (Å²) in [5, 5.41) is 3.41. The van der Waals surface area contributed by atoms with Crippen molar-refractivity contribution in [2.24, 2.45) is 0 Å². The van der Waals surface area contributed by atoms with Crippen molar-refractivity contribution in [2.45, 2.75) is 13.5 Å². The van der Waals surface area contributed by atoms with Gasteiger partial charge in [-0.3, -0.25) is 4.79 Å². The molecule has 3 aromatic rings. The molecule has 0 spiro atoms. The van der Waals surface area contributed by atoms with Crippen LogP contribution in [0.2, 0.25) is 0 Å².